The largest absolute Gasteiger partial charge is 0.452 e. The second kappa shape index (κ2) is 11.7. The van der Waals surface area contributed by atoms with E-state index >= 15 is 0 Å². The van der Waals surface area contributed by atoms with E-state index in [1.165, 1.54) is 56.3 Å². The van der Waals surface area contributed by atoms with E-state index in [9.17, 15) is 27.6 Å². The van der Waals surface area contributed by atoms with Crippen molar-refractivity contribution in [1.82, 2.24) is 10.6 Å². The highest BCUT2D eigenvalue weighted by Crippen LogP contribution is 2.24. The van der Waals surface area contributed by atoms with Crippen molar-refractivity contribution in [2.45, 2.75) is 32.1 Å². The second-order valence-electron chi connectivity index (χ2n) is 7.59. The molecule has 5 nitrogen and oxygen atoms in total. The molecule has 0 saturated heterocycles. The zero-order valence-electron chi connectivity index (χ0n) is 17.9. The van der Waals surface area contributed by atoms with Crippen LogP contribution in [0.3, 0.4) is 0 Å². The molecule has 1 unspecified atom stereocenters. The Kier molecular flexibility index (Phi) is 9.55. The Morgan fingerprint density at radius 3 is 2.06 bits per heavy atom. The van der Waals surface area contributed by atoms with Gasteiger partial charge in [0.2, 0.25) is 11.8 Å². The van der Waals surface area contributed by atoms with Gasteiger partial charge in [0, 0.05) is 11.1 Å². The highest BCUT2D eigenvalue weighted by molar-refractivity contribution is 6.42. The van der Waals surface area contributed by atoms with Crippen LogP contribution in [0.5, 0.6) is 0 Å². The summed E-state index contributed by atoms with van der Waals surface area (Å²) in [5.74, 6) is -4.65. The van der Waals surface area contributed by atoms with Crippen molar-refractivity contribution in [3.8, 4) is 0 Å². The molecule has 0 heterocycles. The Labute approximate surface area is 209 Å². The maximum absolute atomic E-state index is 13.0. The zero-order valence-corrected chi connectivity index (χ0v) is 20.2. The molecule has 0 radical (unpaired) electrons. The molecule has 0 saturated carbocycles. The van der Waals surface area contributed by atoms with Crippen molar-refractivity contribution in [3.05, 3.63) is 74.7 Å². The van der Waals surface area contributed by atoms with E-state index in [2.05, 4.69) is 10.6 Å². The van der Waals surface area contributed by atoms with Crippen LogP contribution < -0.4 is 10.6 Å². The van der Waals surface area contributed by atoms with E-state index in [4.69, 9.17) is 34.8 Å². The van der Waals surface area contributed by atoms with Gasteiger partial charge in [-0.3, -0.25) is 14.4 Å². The van der Waals surface area contributed by atoms with E-state index in [-0.39, 0.29) is 10.6 Å². The normalized spacial score (nSPS) is 13.6. The summed E-state index contributed by atoms with van der Waals surface area (Å²) < 4.78 is 39.0. The number of rotatable bonds is 8. The number of nitrogens with one attached hydrogen (secondary N) is 2. The molecule has 0 spiro atoms. The predicted octanol–water partition coefficient (Wildman–Crippen LogP) is 5.79. The molecule has 0 aliphatic rings. The van der Waals surface area contributed by atoms with Crippen molar-refractivity contribution in [2.24, 2.45) is 5.92 Å². The summed E-state index contributed by atoms with van der Waals surface area (Å²) in [4.78, 5) is 37.3. The summed E-state index contributed by atoms with van der Waals surface area (Å²) in [6, 6.07) is 7.22. The third-order valence-electron chi connectivity index (χ3n) is 4.65. The lowest BCUT2D eigenvalue weighted by atomic mass is 9.98. The molecule has 0 aliphatic heterocycles. The fraction of sp³-hybridized carbons (Fsp3) is 0.261. The summed E-state index contributed by atoms with van der Waals surface area (Å²) in [6.07, 6.45) is -2.60. The molecule has 0 aliphatic carbocycles. The van der Waals surface area contributed by atoms with Gasteiger partial charge in [0.25, 0.3) is 5.78 Å². The van der Waals surface area contributed by atoms with Crippen molar-refractivity contribution in [2.75, 3.05) is 0 Å². The minimum atomic E-state index is -5.14. The molecule has 2 atom stereocenters. The van der Waals surface area contributed by atoms with Gasteiger partial charge in [-0.05, 0) is 47.4 Å². The van der Waals surface area contributed by atoms with Crippen LogP contribution in [0, 0.1) is 5.92 Å². The van der Waals surface area contributed by atoms with Gasteiger partial charge in [0.15, 0.2) is 0 Å². The van der Waals surface area contributed by atoms with Gasteiger partial charge in [-0.15, -0.1) is 0 Å². The Morgan fingerprint density at radius 1 is 0.912 bits per heavy atom. The van der Waals surface area contributed by atoms with Gasteiger partial charge in [-0.2, -0.15) is 13.2 Å². The van der Waals surface area contributed by atoms with Gasteiger partial charge in [0.1, 0.15) is 6.04 Å². The number of alkyl halides is 3. The molecular weight excluding hydrogens is 516 g/mol. The van der Waals surface area contributed by atoms with Crippen LogP contribution in [0.4, 0.5) is 13.2 Å². The number of hydrogen-bond donors (Lipinski definition) is 2. The number of hydrogen-bond acceptors (Lipinski definition) is 3. The Hall–Kier alpha value is -2.55. The average molecular weight is 536 g/mol. The minimum Gasteiger partial charge on any atom is -0.344 e. The Bertz CT molecular complexity index is 1090. The van der Waals surface area contributed by atoms with E-state index in [0.717, 1.165) is 6.08 Å². The third-order valence-corrected chi connectivity index (χ3v) is 5.64. The second-order valence-corrected chi connectivity index (χ2v) is 8.84. The van der Waals surface area contributed by atoms with E-state index in [1.54, 1.807) is 6.07 Å². The molecule has 0 bridgehead atoms. The molecule has 2 rings (SSSR count). The Morgan fingerprint density at radius 2 is 1.53 bits per heavy atom. The third kappa shape index (κ3) is 7.75. The smallest absolute Gasteiger partial charge is 0.344 e. The van der Waals surface area contributed by atoms with Gasteiger partial charge >= 0.3 is 6.18 Å². The minimum absolute atomic E-state index is 0.250. The van der Waals surface area contributed by atoms with Crippen molar-refractivity contribution in [1.29, 1.82) is 0 Å². The topological polar surface area (TPSA) is 75.3 Å². The van der Waals surface area contributed by atoms with Crippen LogP contribution in [-0.4, -0.2) is 29.8 Å². The number of benzene rings is 2. The number of Topliss-reactive ketones (excluding diaryl/α,β-unsaturated/α-hetero) is 1. The summed E-state index contributed by atoms with van der Waals surface area (Å²) in [5.41, 5.74) is 0.799. The molecule has 0 aromatic heterocycles. The quantitative estimate of drug-likeness (QED) is 0.420. The number of amides is 2. The SMILES string of the molecule is CC(C)[C@H](NC(=O)C(NC(=O)/C=C/c1ccc(Cl)c(Cl)c1)c1ccc(Cl)cc1)C(=O)C(F)(F)F. The lowest BCUT2D eigenvalue weighted by Crippen LogP contribution is -2.52. The predicted molar refractivity (Wildman–Crippen MR) is 126 cm³/mol. The highest BCUT2D eigenvalue weighted by atomic mass is 35.5. The molecule has 2 N–H and O–H groups in total. The summed E-state index contributed by atoms with van der Waals surface area (Å²) >= 11 is 17.7. The van der Waals surface area contributed by atoms with E-state index in [0.29, 0.717) is 15.6 Å². The van der Waals surface area contributed by atoms with Crippen molar-refractivity contribution < 1.29 is 27.6 Å². The first kappa shape index (κ1) is 27.7. The number of carbonyl (C=O) groups excluding carboxylic acids is 3. The van der Waals surface area contributed by atoms with Crippen LogP contribution in [0.25, 0.3) is 6.08 Å². The van der Waals surface area contributed by atoms with Crippen LogP contribution in [0.1, 0.15) is 31.0 Å². The molecule has 2 aromatic carbocycles. The van der Waals surface area contributed by atoms with E-state index < -0.39 is 41.8 Å². The maximum Gasteiger partial charge on any atom is 0.452 e. The first-order valence-corrected chi connectivity index (χ1v) is 11.0. The van der Waals surface area contributed by atoms with Gasteiger partial charge in [-0.25, -0.2) is 0 Å². The van der Waals surface area contributed by atoms with Gasteiger partial charge in [0.05, 0.1) is 16.1 Å². The molecule has 2 amide bonds. The molecule has 34 heavy (non-hydrogen) atoms. The highest BCUT2D eigenvalue weighted by Gasteiger charge is 2.45. The molecule has 11 heteroatoms. The zero-order chi connectivity index (χ0) is 25.6. The Balaban J connectivity index is 2.28. The fourth-order valence-corrected chi connectivity index (χ4v) is 3.31. The van der Waals surface area contributed by atoms with Crippen LogP contribution >= 0.6 is 34.8 Å². The van der Waals surface area contributed by atoms with Crippen LogP contribution in [-0.2, 0) is 14.4 Å². The average Bonchev–Trinajstić information content (AvgIpc) is 2.76. The number of halogens is 6. The molecule has 2 aromatic rings. The maximum atomic E-state index is 13.0. The van der Waals surface area contributed by atoms with Gasteiger partial charge < -0.3 is 10.6 Å². The van der Waals surface area contributed by atoms with Crippen LogP contribution in [0.2, 0.25) is 15.1 Å². The molecule has 182 valence electrons. The summed E-state index contributed by atoms with van der Waals surface area (Å²) in [6.45, 7) is 2.73. The fourth-order valence-electron chi connectivity index (χ4n) is 2.88. The first-order chi connectivity index (χ1) is 15.8. The molecular formula is C23H20Cl3F3N2O3. The standard InChI is InChI=1S/C23H20Cl3F3N2O3/c1-12(2)19(21(33)23(27,28)29)31-22(34)20(14-5-7-15(24)8-6-14)30-18(32)10-4-13-3-9-16(25)17(26)11-13/h3-12,19-20H,1-2H3,(H,30,32)(H,31,34)/b10-4+/t19-,20?/m0/s1. The van der Waals surface area contributed by atoms with Gasteiger partial charge in [-0.1, -0.05) is 66.8 Å². The van der Waals surface area contributed by atoms with Crippen LogP contribution in [0.15, 0.2) is 48.5 Å². The monoisotopic (exact) mass is 534 g/mol. The number of ketones is 1. The van der Waals surface area contributed by atoms with Crippen molar-refractivity contribution >= 4 is 58.5 Å². The lowest BCUT2D eigenvalue weighted by molar-refractivity contribution is -0.175. The lowest BCUT2D eigenvalue weighted by Gasteiger charge is -2.25. The first-order valence-electron chi connectivity index (χ1n) is 9.90. The summed E-state index contributed by atoms with van der Waals surface area (Å²) in [5, 5.41) is 5.51. The van der Waals surface area contributed by atoms with E-state index in [1.807, 2.05) is 0 Å². The summed E-state index contributed by atoms with van der Waals surface area (Å²) in [7, 11) is 0. The molecule has 0 fully saturated rings. The van der Waals surface area contributed by atoms with Crippen molar-refractivity contribution in [3.63, 3.8) is 0 Å². The number of carbonyl (C=O) groups is 3.